The van der Waals surface area contributed by atoms with Crippen LogP contribution < -0.4 is 10.9 Å². The molecule has 1 aliphatic rings. The minimum Gasteiger partial charge on any atom is -0.341 e. The monoisotopic (exact) mass is 386 g/mol. The van der Waals surface area contributed by atoms with Gasteiger partial charge in [0.05, 0.1) is 17.4 Å². The van der Waals surface area contributed by atoms with E-state index in [-0.39, 0.29) is 18.0 Å². The van der Waals surface area contributed by atoms with Gasteiger partial charge in [-0.1, -0.05) is 36.3 Å². The molecule has 1 amide bonds. The number of terminal acetylenes is 1. The lowest BCUT2D eigenvalue weighted by Gasteiger charge is -2.19. The summed E-state index contributed by atoms with van der Waals surface area (Å²) in [5, 5.41) is 3.16. The minimum absolute atomic E-state index is 0.0536. The van der Waals surface area contributed by atoms with Crippen LogP contribution in [0.15, 0.2) is 53.3 Å². The van der Waals surface area contributed by atoms with Gasteiger partial charge in [-0.05, 0) is 23.8 Å². The van der Waals surface area contributed by atoms with Gasteiger partial charge in [0.25, 0.3) is 11.5 Å². The fourth-order valence-electron chi connectivity index (χ4n) is 3.67. The molecule has 1 aliphatic heterocycles. The van der Waals surface area contributed by atoms with E-state index < -0.39 is 0 Å². The normalized spacial score (nSPS) is 14.0. The second-order valence-electron chi connectivity index (χ2n) is 7.12. The molecule has 0 unspecified atom stereocenters. The minimum atomic E-state index is -0.268. The lowest BCUT2D eigenvalue weighted by Crippen LogP contribution is -2.29. The van der Waals surface area contributed by atoms with Crippen molar-refractivity contribution in [3.05, 3.63) is 75.8 Å². The third-order valence-electron chi connectivity index (χ3n) is 5.19. The number of aromatic nitrogens is 2. The van der Waals surface area contributed by atoms with Gasteiger partial charge < -0.3 is 5.32 Å². The summed E-state index contributed by atoms with van der Waals surface area (Å²) < 4.78 is 1.77. The molecule has 4 rings (SSSR count). The van der Waals surface area contributed by atoms with E-state index in [4.69, 9.17) is 11.4 Å². The summed E-state index contributed by atoms with van der Waals surface area (Å²) in [5.74, 6) is 2.87. The predicted octanol–water partition coefficient (Wildman–Crippen LogP) is 1.82. The van der Waals surface area contributed by atoms with Crippen molar-refractivity contribution in [1.29, 1.82) is 0 Å². The zero-order valence-corrected chi connectivity index (χ0v) is 16.1. The van der Waals surface area contributed by atoms with Gasteiger partial charge in [-0.2, -0.15) is 0 Å². The molecule has 0 radical (unpaired) electrons. The molecule has 2 heterocycles. The Morgan fingerprint density at radius 2 is 1.97 bits per heavy atom. The van der Waals surface area contributed by atoms with Crippen LogP contribution in [-0.4, -0.2) is 40.0 Å². The quantitative estimate of drug-likeness (QED) is 0.695. The first-order valence-electron chi connectivity index (χ1n) is 9.67. The Morgan fingerprint density at radius 3 is 2.76 bits per heavy atom. The number of rotatable bonds is 4. The van der Waals surface area contributed by atoms with Crippen molar-refractivity contribution in [3.63, 3.8) is 0 Å². The fourth-order valence-corrected chi connectivity index (χ4v) is 3.67. The molecule has 1 aromatic heterocycles. The van der Waals surface area contributed by atoms with Crippen LogP contribution in [0.4, 0.5) is 0 Å². The smallest absolute Gasteiger partial charge is 0.261 e. The number of hydrogen-bond donors (Lipinski definition) is 1. The zero-order valence-electron chi connectivity index (χ0n) is 16.1. The van der Waals surface area contributed by atoms with E-state index in [0.29, 0.717) is 29.4 Å². The number of carbonyl (C=O) groups is 1. The Hall–Kier alpha value is -3.43. The fraction of sp³-hybridized carbons (Fsp3) is 0.261. The second-order valence-corrected chi connectivity index (χ2v) is 7.12. The molecule has 0 aliphatic carbocycles. The highest BCUT2D eigenvalue weighted by Crippen LogP contribution is 2.15. The van der Waals surface area contributed by atoms with Crippen LogP contribution in [0.2, 0.25) is 0 Å². The number of carbonyl (C=O) groups excluding carboxylic acids is 1. The average Bonchev–Trinajstić information content (AvgIpc) is 2.95. The zero-order chi connectivity index (χ0) is 20.2. The van der Waals surface area contributed by atoms with Crippen molar-refractivity contribution < 1.29 is 4.79 Å². The molecular weight excluding hydrogens is 364 g/mol. The van der Waals surface area contributed by atoms with Crippen molar-refractivity contribution in [3.8, 4) is 12.3 Å². The third kappa shape index (κ3) is 4.05. The lowest BCUT2D eigenvalue weighted by atomic mass is 10.1. The van der Waals surface area contributed by atoms with E-state index in [0.717, 1.165) is 25.5 Å². The van der Waals surface area contributed by atoms with E-state index in [1.54, 1.807) is 22.8 Å². The van der Waals surface area contributed by atoms with Crippen LogP contribution >= 0.6 is 0 Å². The van der Waals surface area contributed by atoms with Gasteiger partial charge >= 0.3 is 0 Å². The van der Waals surface area contributed by atoms with Crippen LogP contribution in [0, 0.1) is 12.3 Å². The van der Waals surface area contributed by atoms with E-state index in [1.165, 1.54) is 5.56 Å². The Labute approximate surface area is 169 Å². The van der Waals surface area contributed by atoms with Gasteiger partial charge in [-0.25, -0.2) is 4.98 Å². The molecule has 6 heteroatoms. The molecular formula is C23H22N4O2. The highest BCUT2D eigenvalue weighted by molar-refractivity contribution is 5.97. The standard InChI is InChI=1S/C23H22N4O2/c1-2-11-24-22(28)18-8-9-19-20(15-18)25-21-10-12-26(13-14-27(21)23(19)29)16-17-6-4-3-5-7-17/h1,3-9,15H,10-14,16H2,(H,24,28). The number of nitrogens with zero attached hydrogens (tertiary/aromatic N) is 3. The molecule has 3 aromatic rings. The van der Waals surface area contributed by atoms with Crippen LogP contribution in [0.5, 0.6) is 0 Å². The summed E-state index contributed by atoms with van der Waals surface area (Å²) in [6.07, 6.45) is 5.88. The first kappa shape index (κ1) is 18.9. The number of nitrogens with one attached hydrogen (secondary N) is 1. The number of hydrogen-bond acceptors (Lipinski definition) is 4. The van der Waals surface area contributed by atoms with Gasteiger partial charge in [-0.15, -0.1) is 6.42 Å². The Bertz CT molecular complexity index is 1150. The molecule has 29 heavy (non-hydrogen) atoms. The molecule has 0 saturated carbocycles. The van der Waals surface area contributed by atoms with Crippen molar-refractivity contribution >= 4 is 16.8 Å². The maximum Gasteiger partial charge on any atom is 0.261 e. The highest BCUT2D eigenvalue weighted by Gasteiger charge is 2.18. The molecule has 1 N–H and O–H groups in total. The van der Waals surface area contributed by atoms with Gasteiger partial charge in [0.15, 0.2) is 0 Å². The first-order chi connectivity index (χ1) is 14.2. The summed E-state index contributed by atoms with van der Waals surface area (Å²) in [6, 6.07) is 15.3. The summed E-state index contributed by atoms with van der Waals surface area (Å²) in [6.45, 7) is 3.24. The van der Waals surface area contributed by atoms with Crippen molar-refractivity contribution in [2.24, 2.45) is 0 Å². The van der Waals surface area contributed by atoms with Crippen molar-refractivity contribution in [2.75, 3.05) is 19.6 Å². The Kier molecular flexibility index (Phi) is 5.41. The van der Waals surface area contributed by atoms with E-state index in [9.17, 15) is 9.59 Å². The summed E-state index contributed by atoms with van der Waals surface area (Å²) >= 11 is 0. The average molecular weight is 386 g/mol. The van der Waals surface area contributed by atoms with Gasteiger partial charge in [0, 0.05) is 38.2 Å². The lowest BCUT2D eigenvalue weighted by molar-refractivity contribution is 0.0959. The van der Waals surface area contributed by atoms with E-state index >= 15 is 0 Å². The highest BCUT2D eigenvalue weighted by atomic mass is 16.1. The summed E-state index contributed by atoms with van der Waals surface area (Å²) in [4.78, 5) is 32.2. The SMILES string of the molecule is C#CCNC(=O)c1ccc2c(=O)n3c(nc2c1)CCN(Cc1ccccc1)CC3. The van der Waals surface area contributed by atoms with Gasteiger partial charge in [0.1, 0.15) is 5.82 Å². The summed E-state index contributed by atoms with van der Waals surface area (Å²) in [5.41, 5.74) is 2.20. The van der Waals surface area contributed by atoms with Crippen LogP contribution in [0.1, 0.15) is 21.7 Å². The van der Waals surface area contributed by atoms with Crippen LogP contribution in [-0.2, 0) is 19.5 Å². The number of fused-ring (bicyclic) bond motifs is 2. The largest absolute Gasteiger partial charge is 0.341 e. The van der Waals surface area contributed by atoms with Gasteiger partial charge in [-0.3, -0.25) is 19.1 Å². The Balaban J connectivity index is 1.60. The predicted molar refractivity (Wildman–Crippen MR) is 113 cm³/mol. The summed E-state index contributed by atoms with van der Waals surface area (Å²) in [7, 11) is 0. The topological polar surface area (TPSA) is 67.2 Å². The first-order valence-corrected chi connectivity index (χ1v) is 9.67. The Morgan fingerprint density at radius 1 is 1.14 bits per heavy atom. The molecule has 0 atom stereocenters. The number of benzene rings is 2. The molecule has 6 nitrogen and oxygen atoms in total. The molecule has 0 bridgehead atoms. The molecule has 146 valence electrons. The van der Waals surface area contributed by atoms with Crippen molar-refractivity contribution in [1.82, 2.24) is 19.8 Å². The van der Waals surface area contributed by atoms with Crippen molar-refractivity contribution in [2.45, 2.75) is 19.5 Å². The maximum absolute atomic E-state index is 13.0. The van der Waals surface area contributed by atoms with Crippen LogP contribution in [0.25, 0.3) is 10.9 Å². The van der Waals surface area contributed by atoms with Crippen LogP contribution in [0.3, 0.4) is 0 Å². The molecule has 0 saturated heterocycles. The third-order valence-corrected chi connectivity index (χ3v) is 5.19. The van der Waals surface area contributed by atoms with Gasteiger partial charge in [0.2, 0.25) is 0 Å². The molecule has 0 spiro atoms. The number of amides is 1. The van der Waals surface area contributed by atoms with E-state index in [2.05, 4.69) is 28.3 Å². The maximum atomic E-state index is 13.0. The molecule has 0 fully saturated rings. The second kappa shape index (κ2) is 8.29. The molecule has 2 aromatic carbocycles. The van der Waals surface area contributed by atoms with E-state index in [1.807, 2.05) is 18.2 Å².